The van der Waals surface area contributed by atoms with Crippen molar-refractivity contribution in [1.29, 1.82) is 0 Å². The highest BCUT2D eigenvalue weighted by Gasteiger charge is 2.15. The highest BCUT2D eigenvalue weighted by Crippen LogP contribution is 2.23. The van der Waals surface area contributed by atoms with E-state index in [1.807, 2.05) is 49.4 Å². The molecule has 5 heteroatoms. The molecule has 0 bridgehead atoms. The van der Waals surface area contributed by atoms with E-state index in [2.05, 4.69) is 5.32 Å². The minimum Gasteiger partial charge on any atom is -0.387 e. The molecule has 0 fully saturated rings. The molecule has 2 rings (SSSR count). The molecule has 0 heterocycles. The smallest absolute Gasteiger partial charge is 0.0940 e. The molecule has 0 aromatic heterocycles. The molecule has 114 valence electrons. The Labute approximate surface area is 141 Å². The van der Waals surface area contributed by atoms with Gasteiger partial charge in [-0.15, -0.1) is 12.4 Å². The average molecular weight is 347 g/mol. The molecule has 2 nitrogen and oxygen atoms in total. The summed E-state index contributed by atoms with van der Waals surface area (Å²) >= 11 is 11.9. The van der Waals surface area contributed by atoms with Gasteiger partial charge in [0.1, 0.15) is 0 Å². The third-order valence-corrected chi connectivity index (χ3v) is 3.97. The van der Waals surface area contributed by atoms with E-state index in [1.165, 1.54) is 0 Å². The van der Waals surface area contributed by atoms with Crippen LogP contribution in [-0.4, -0.2) is 11.1 Å². The van der Waals surface area contributed by atoms with E-state index in [0.717, 1.165) is 11.1 Å². The van der Waals surface area contributed by atoms with Crippen molar-refractivity contribution in [3.05, 3.63) is 69.7 Å². The number of hydrogen-bond acceptors (Lipinski definition) is 2. The van der Waals surface area contributed by atoms with Crippen molar-refractivity contribution < 1.29 is 5.11 Å². The normalized spacial score (nSPS) is 13.3. The number of halogens is 3. The van der Waals surface area contributed by atoms with Gasteiger partial charge in [0.15, 0.2) is 0 Å². The van der Waals surface area contributed by atoms with Crippen LogP contribution in [0.3, 0.4) is 0 Å². The number of rotatable bonds is 5. The first kappa shape index (κ1) is 18.3. The van der Waals surface area contributed by atoms with Crippen molar-refractivity contribution in [2.24, 2.45) is 0 Å². The van der Waals surface area contributed by atoms with Crippen LogP contribution in [0.25, 0.3) is 0 Å². The van der Waals surface area contributed by atoms with E-state index in [0.29, 0.717) is 16.6 Å². The summed E-state index contributed by atoms with van der Waals surface area (Å²) in [7, 11) is 0. The van der Waals surface area contributed by atoms with Crippen LogP contribution in [0.1, 0.15) is 24.2 Å². The Bertz CT molecular complexity index is 563. The van der Waals surface area contributed by atoms with Crippen LogP contribution >= 0.6 is 35.6 Å². The molecule has 2 N–H and O–H groups in total. The fourth-order valence-corrected chi connectivity index (χ4v) is 2.30. The molecule has 2 aromatic carbocycles. The van der Waals surface area contributed by atoms with Gasteiger partial charge in [-0.2, -0.15) is 0 Å². The number of benzene rings is 2. The lowest BCUT2D eigenvalue weighted by molar-refractivity contribution is 0.135. The Morgan fingerprint density at radius 1 is 1.05 bits per heavy atom. The second-order valence-electron chi connectivity index (χ2n) is 4.77. The zero-order valence-corrected chi connectivity index (χ0v) is 13.9. The molecular weight excluding hydrogens is 329 g/mol. The van der Waals surface area contributed by atoms with Crippen molar-refractivity contribution in [2.45, 2.75) is 25.6 Å². The van der Waals surface area contributed by atoms with Gasteiger partial charge in [-0.25, -0.2) is 0 Å². The van der Waals surface area contributed by atoms with E-state index in [9.17, 15) is 5.11 Å². The van der Waals surface area contributed by atoms with Gasteiger partial charge >= 0.3 is 0 Å². The molecule has 0 radical (unpaired) electrons. The van der Waals surface area contributed by atoms with Gasteiger partial charge in [-0.1, -0.05) is 59.6 Å². The standard InChI is InChI=1S/C16H17Cl2NO.ClH/c1-11(16(20)13-5-3-2-4-6-13)19-10-12-7-8-14(17)15(18)9-12;/h2-9,11,16,19-20H,10H2,1H3;1H. The van der Waals surface area contributed by atoms with Gasteiger partial charge in [0, 0.05) is 12.6 Å². The summed E-state index contributed by atoms with van der Waals surface area (Å²) in [6, 6.07) is 15.1. The van der Waals surface area contributed by atoms with Crippen LogP contribution in [0.2, 0.25) is 10.0 Å². The molecule has 2 aromatic rings. The summed E-state index contributed by atoms with van der Waals surface area (Å²) < 4.78 is 0. The molecule has 0 spiro atoms. The first-order chi connectivity index (χ1) is 9.58. The topological polar surface area (TPSA) is 32.3 Å². The van der Waals surface area contributed by atoms with Crippen LogP contribution in [0.4, 0.5) is 0 Å². The zero-order chi connectivity index (χ0) is 14.5. The third-order valence-electron chi connectivity index (χ3n) is 3.23. The predicted octanol–water partition coefficient (Wildman–Crippen LogP) is 4.63. The maximum absolute atomic E-state index is 10.3. The molecule has 0 aliphatic rings. The molecule has 0 aliphatic heterocycles. The molecule has 2 atom stereocenters. The number of aliphatic hydroxyl groups excluding tert-OH is 1. The van der Waals surface area contributed by atoms with Gasteiger partial charge in [-0.05, 0) is 30.2 Å². The maximum atomic E-state index is 10.3. The molecule has 2 unspecified atom stereocenters. The van der Waals surface area contributed by atoms with Crippen LogP contribution in [0, 0.1) is 0 Å². The van der Waals surface area contributed by atoms with Crippen LogP contribution in [-0.2, 0) is 6.54 Å². The average Bonchev–Trinajstić information content (AvgIpc) is 2.48. The summed E-state index contributed by atoms with van der Waals surface area (Å²) in [6.45, 7) is 2.58. The minimum absolute atomic E-state index is 0. The molecular formula is C16H18Cl3NO. The van der Waals surface area contributed by atoms with Crippen LogP contribution < -0.4 is 5.32 Å². The van der Waals surface area contributed by atoms with Crippen molar-refractivity contribution in [3.63, 3.8) is 0 Å². The Kier molecular flexibility index (Phi) is 7.50. The van der Waals surface area contributed by atoms with Crippen molar-refractivity contribution in [2.75, 3.05) is 0 Å². The van der Waals surface area contributed by atoms with E-state index >= 15 is 0 Å². The lowest BCUT2D eigenvalue weighted by Gasteiger charge is -2.20. The maximum Gasteiger partial charge on any atom is 0.0940 e. The SMILES string of the molecule is CC(NCc1ccc(Cl)c(Cl)c1)C(O)c1ccccc1.Cl. The van der Waals surface area contributed by atoms with Crippen LogP contribution in [0.15, 0.2) is 48.5 Å². The Morgan fingerprint density at radius 2 is 1.71 bits per heavy atom. The summed E-state index contributed by atoms with van der Waals surface area (Å²) in [5, 5.41) is 14.6. The predicted molar refractivity (Wildman–Crippen MR) is 91.4 cm³/mol. The zero-order valence-electron chi connectivity index (χ0n) is 11.6. The second kappa shape index (κ2) is 8.62. The third kappa shape index (κ3) is 5.17. The van der Waals surface area contributed by atoms with Crippen molar-refractivity contribution in [3.8, 4) is 0 Å². The van der Waals surface area contributed by atoms with E-state index in [-0.39, 0.29) is 18.4 Å². The van der Waals surface area contributed by atoms with Crippen LogP contribution in [0.5, 0.6) is 0 Å². The summed E-state index contributed by atoms with van der Waals surface area (Å²) in [4.78, 5) is 0. The van der Waals surface area contributed by atoms with Gasteiger partial charge in [0.05, 0.1) is 16.1 Å². The molecule has 0 amide bonds. The fourth-order valence-electron chi connectivity index (χ4n) is 1.98. The van der Waals surface area contributed by atoms with E-state index in [4.69, 9.17) is 23.2 Å². The lowest BCUT2D eigenvalue weighted by Crippen LogP contribution is -2.31. The summed E-state index contributed by atoms with van der Waals surface area (Å²) in [6.07, 6.45) is -0.543. The molecule has 21 heavy (non-hydrogen) atoms. The monoisotopic (exact) mass is 345 g/mol. The highest BCUT2D eigenvalue weighted by atomic mass is 35.5. The largest absolute Gasteiger partial charge is 0.387 e. The van der Waals surface area contributed by atoms with E-state index in [1.54, 1.807) is 6.07 Å². The van der Waals surface area contributed by atoms with Gasteiger partial charge in [0.2, 0.25) is 0 Å². The van der Waals surface area contributed by atoms with E-state index < -0.39 is 6.10 Å². The fraction of sp³-hybridized carbons (Fsp3) is 0.250. The molecule has 0 saturated carbocycles. The summed E-state index contributed by atoms with van der Waals surface area (Å²) in [5.41, 5.74) is 1.94. The molecule has 0 aliphatic carbocycles. The summed E-state index contributed by atoms with van der Waals surface area (Å²) in [5.74, 6) is 0. The Morgan fingerprint density at radius 3 is 2.33 bits per heavy atom. The number of hydrogen-bond donors (Lipinski definition) is 2. The highest BCUT2D eigenvalue weighted by molar-refractivity contribution is 6.42. The first-order valence-corrected chi connectivity index (χ1v) is 7.24. The lowest BCUT2D eigenvalue weighted by atomic mass is 10.0. The van der Waals surface area contributed by atoms with Gasteiger partial charge in [-0.3, -0.25) is 0 Å². The first-order valence-electron chi connectivity index (χ1n) is 6.48. The Balaban J connectivity index is 0.00000220. The van der Waals surface area contributed by atoms with Gasteiger partial charge < -0.3 is 10.4 Å². The quantitative estimate of drug-likeness (QED) is 0.827. The minimum atomic E-state index is -0.543. The number of aliphatic hydroxyl groups is 1. The second-order valence-corrected chi connectivity index (χ2v) is 5.59. The number of nitrogens with one attached hydrogen (secondary N) is 1. The van der Waals surface area contributed by atoms with Gasteiger partial charge in [0.25, 0.3) is 0 Å². The molecule has 0 saturated heterocycles. The van der Waals surface area contributed by atoms with Crippen molar-refractivity contribution in [1.82, 2.24) is 5.32 Å². The Hall–Kier alpha value is -0.770. The van der Waals surface area contributed by atoms with Crippen molar-refractivity contribution >= 4 is 35.6 Å².